The van der Waals surface area contributed by atoms with Gasteiger partial charge in [-0.2, -0.15) is 0 Å². The van der Waals surface area contributed by atoms with E-state index in [2.05, 4.69) is 38.5 Å². The zero-order chi connectivity index (χ0) is 23.2. The van der Waals surface area contributed by atoms with Crippen LogP contribution >= 0.6 is 0 Å². The number of hydrogen-bond acceptors (Lipinski definition) is 7. The fourth-order valence-corrected chi connectivity index (χ4v) is 4.42. The molecule has 0 spiro atoms. The zero-order valence-electron chi connectivity index (χ0n) is 19.0. The molecule has 176 valence electrons. The van der Waals surface area contributed by atoms with Gasteiger partial charge >= 0.3 is 0 Å². The van der Waals surface area contributed by atoms with Gasteiger partial charge in [0.1, 0.15) is 23.1 Å². The van der Waals surface area contributed by atoms with E-state index < -0.39 is 12.1 Å². The van der Waals surface area contributed by atoms with Crippen molar-refractivity contribution >= 4 is 11.8 Å². The highest BCUT2D eigenvalue weighted by Gasteiger charge is 2.36. The van der Waals surface area contributed by atoms with Crippen LogP contribution in [0.5, 0.6) is 11.5 Å². The van der Waals surface area contributed by atoms with Gasteiger partial charge in [-0.05, 0) is 24.1 Å². The van der Waals surface area contributed by atoms with E-state index in [1.165, 1.54) is 19.8 Å². The van der Waals surface area contributed by atoms with Crippen LogP contribution in [0.25, 0.3) is 0 Å². The van der Waals surface area contributed by atoms with Crippen LogP contribution in [-0.4, -0.2) is 68.7 Å². The van der Waals surface area contributed by atoms with E-state index in [9.17, 15) is 9.59 Å². The van der Waals surface area contributed by atoms with E-state index in [-0.39, 0.29) is 17.9 Å². The third-order valence-corrected chi connectivity index (χ3v) is 6.10. The zero-order valence-corrected chi connectivity index (χ0v) is 19.0. The predicted molar refractivity (Wildman–Crippen MR) is 124 cm³/mol. The normalized spacial score (nSPS) is 22.7. The van der Waals surface area contributed by atoms with Gasteiger partial charge < -0.3 is 20.1 Å². The Hall–Kier alpha value is -3.14. The molecule has 2 aromatic rings. The number of nitrogens with one attached hydrogen (secondary N) is 4. The minimum absolute atomic E-state index is 0.0780. The highest BCUT2D eigenvalue weighted by molar-refractivity contribution is 6.00. The van der Waals surface area contributed by atoms with Crippen molar-refractivity contribution in [1.82, 2.24) is 26.4 Å². The highest BCUT2D eigenvalue weighted by atomic mass is 16.5. The second-order valence-electron chi connectivity index (χ2n) is 8.34. The molecular formula is C24H31N5O4. The van der Waals surface area contributed by atoms with E-state index >= 15 is 0 Å². The summed E-state index contributed by atoms with van der Waals surface area (Å²) in [7, 11) is 3.01. The molecule has 0 aliphatic carbocycles. The van der Waals surface area contributed by atoms with Gasteiger partial charge in [0.2, 0.25) is 5.91 Å². The molecule has 9 heteroatoms. The van der Waals surface area contributed by atoms with E-state index in [0.717, 1.165) is 26.1 Å². The molecule has 0 saturated carbocycles. The molecule has 9 nitrogen and oxygen atoms in total. The molecular weight excluding hydrogens is 422 g/mol. The van der Waals surface area contributed by atoms with Crippen LogP contribution in [0.1, 0.15) is 22.3 Å². The average molecular weight is 454 g/mol. The van der Waals surface area contributed by atoms with Gasteiger partial charge in [0.15, 0.2) is 0 Å². The smallest absolute Gasteiger partial charge is 0.259 e. The number of benzene rings is 2. The molecule has 3 unspecified atom stereocenters. The lowest BCUT2D eigenvalue weighted by Crippen LogP contribution is -2.55. The van der Waals surface area contributed by atoms with Crippen LogP contribution in [0.2, 0.25) is 0 Å². The van der Waals surface area contributed by atoms with Crippen molar-refractivity contribution in [1.29, 1.82) is 0 Å². The third kappa shape index (κ3) is 5.44. The maximum atomic E-state index is 13.0. The number of rotatable bonds is 8. The first-order valence-corrected chi connectivity index (χ1v) is 11.2. The van der Waals surface area contributed by atoms with Crippen molar-refractivity contribution in [2.24, 2.45) is 0 Å². The van der Waals surface area contributed by atoms with Gasteiger partial charge in [0, 0.05) is 32.2 Å². The first kappa shape index (κ1) is 23.0. The summed E-state index contributed by atoms with van der Waals surface area (Å²) in [6, 6.07) is 14.6. The largest absolute Gasteiger partial charge is 0.496 e. The van der Waals surface area contributed by atoms with Crippen LogP contribution in [0.4, 0.5) is 0 Å². The minimum atomic E-state index is -0.585. The molecule has 0 aromatic heterocycles. The van der Waals surface area contributed by atoms with Gasteiger partial charge in [-0.15, -0.1) is 0 Å². The molecule has 2 aromatic carbocycles. The lowest BCUT2D eigenvalue weighted by molar-refractivity contribution is -0.123. The SMILES string of the molecule is COc1cccc(OC)c1C(=O)NC1CNNC1C(=O)NC1CCN(Cc2ccccc2)C1. The van der Waals surface area contributed by atoms with Crippen LogP contribution in [0.15, 0.2) is 48.5 Å². The summed E-state index contributed by atoms with van der Waals surface area (Å²) in [6.45, 7) is 3.03. The van der Waals surface area contributed by atoms with Gasteiger partial charge in [-0.1, -0.05) is 36.4 Å². The van der Waals surface area contributed by atoms with Crippen molar-refractivity contribution < 1.29 is 19.1 Å². The van der Waals surface area contributed by atoms with Gasteiger partial charge in [0.05, 0.1) is 20.3 Å². The summed E-state index contributed by atoms with van der Waals surface area (Å²) in [6.07, 6.45) is 0.897. The monoisotopic (exact) mass is 453 g/mol. The summed E-state index contributed by atoms with van der Waals surface area (Å²) in [5.41, 5.74) is 7.55. The number of carbonyl (C=O) groups excluding carboxylic acids is 2. The van der Waals surface area contributed by atoms with Crippen molar-refractivity contribution in [3.63, 3.8) is 0 Å². The molecule has 2 fully saturated rings. The molecule has 33 heavy (non-hydrogen) atoms. The van der Waals surface area contributed by atoms with Crippen LogP contribution in [-0.2, 0) is 11.3 Å². The van der Waals surface area contributed by atoms with Gasteiger partial charge in [0.25, 0.3) is 5.91 Å². The van der Waals surface area contributed by atoms with Crippen molar-refractivity contribution in [3.8, 4) is 11.5 Å². The number of carbonyl (C=O) groups is 2. The molecule has 2 aliphatic rings. The second-order valence-corrected chi connectivity index (χ2v) is 8.34. The summed E-state index contributed by atoms with van der Waals surface area (Å²) in [5.74, 6) is 0.337. The Labute approximate surface area is 193 Å². The number of likely N-dealkylation sites (tertiary alicyclic amines) is 1. The Kier molecular flexibility index (Phi) is 7.43. The fourth-order valence-electron chi connectivity index (χ4n) is 4.42. The summed E-state index contributed by atoms with van der Waals surface area (Å²) >= 11 is 0. The maximum Gasteiger partial charge on any atom is 0.259 e. The first-order chi connectivity index (χ1) is 16.1. The Morgan fingerprint density at radius 1 is 1.03 bits per heavy atom. The standard InChI is InChI=1S/C24H31N5O4/c1-32-19-9-6-10-20(33-2)21(19)23(30)27-18-13-25-28-22(18)24(31)26-17-11-12-29(15-17)14-16-7-4-3-5-8-16/h3-10,17-18,22,25,28H,11-15H2,1-2H3,(H,26,31)(H,27,30). The molecule has 3 atom stereocenters. The Balaban J connectivity index is 1.34. The molecule has 2 aliphatic heterocycles. The van der Waals surface area contributed by atoms with E-state index in [4.69, 9.17) is 9.47 Å². The molecule has 2 amide bonds. The summed E-state index contributed by atoms with van der Waals surface area (Å²) < 4.78 is 10.7. The van der Waals surface area contributed by atoms with Crippen LogP contribution in [0, 0.1) is 0 Å². The molecule has 4 N–H and O–H groups in total. The number of amides is 2. The van der Waals surface area contributed by atoms with Gasteiger partial charge in [-0.25, -0.2) is 5.43 Å². The molecule has 0 radical (unpaired) electrons. The highest BCUT2D eigenvalue weighted by Crippen LogP contribution is 2.28. The maximum absolute atomic E-state index is 13.0. The molecule has 4 rings (SSSR count). The van der Waals surface area contributed by atoms with Crippen molar-refractivity contribution in [2.75, 3.05) is 33.9 Å². The summed E-state index contributed by atoms with van der Waals surface area (Å²) in [5, 5.41) is 6.09. The average Bonchev–Trinajstić information content (AvgIpc) is 3.48. The van der Waals surface area contributed by atoms with Crippen LogP contribution in [0.3, 0.4) is 0 Å². The minimum Gasteiger partial charge on any atom is -0.496 e. The van der Waals surface area contributed by atoms with Crippen molar-refractivity contribution in [2.45, 2.75) is 31.1 Å². The number of hydrazine groups is 1. The van der Waals surface area contributed by atoms with Crippen molar-refractivity contribution in [3.05, 3.63) is 59.7 Å². The Bertz CT molecular complexity index is 948. The van der Waals surface area contributed by atoms with Gasteiger partial charge in [-0.3, -0.25) is 19.9 Å². The third-order valence-electron chi connectivity index (χ3n) is 6.10. The van der Waals surface area contributed by atoms with E-state index in [0.29, 0.717) is 23.6 Å². The number of nitrogens with zero attached hydrogens (tertiary/aromatic N) is 1. The second kappa shape index (κ2) is 10.7. The van der Waals surface area contributed by atoms with E-state index in [1.54, 1.807) is 18.2 Å². The topological polar surface area (TPSA) is 104 Å². The molecule has 2 heterocycles. The first-order valence-electron chi connectivity index (χ1n) is 11.2. The molecule has 0 bridgehead atoms. The molecule has 2 saturated heterocycles. The lowest BCUT2D eigenvalue weighted by Gasteiger charge is -2.22. The number of methoxy groups -OCH3 is 2. The van der Waals surface area contributed by atoms with E-state index in [1.807, 2.05) is 18.2 Å². The lowest BCUT2D eigenvalue weighted by atomic mass is 10.1. The quantitative estimate of drug-likeness (QED) is 0.466. The van der Waals surface area contributed by atoms with Crippen LogP contribution < -0.4 is 31.0 Å². The Morgan fingerprint density at radius 2 is 1.76 bits per heavy atom. The summed E-state index contributed by atoms with van der Waals surface area (Å²) in [4.78, 5) is 28.4. The fraction of sp³-hybridized carbons (Fsp3) is 0.417. The number of ether oxygens (including phenoxy) is 2. The predicted octanol–water partition coefficient (Wildman–Crippen LogP) is 0.669. The Morgan fingerprint density at radius 3 is 2.45 bits per heavy atom. The number of hydrogen-bond donors (Lipinski definition) is 4.